The van der Waals surface area contributed by atoms with E-state index in [0.717, 1.165) is 24.2 Å². The Balaban J connectivity index is 1.80. The van der Waals surface area contributed by atoms with Crippen LogP contribution in [0.5, 0.6) is 11.5 Å². The molecule has 156 valence electrons. The molecule has 3 rings (SSSR count). The number of carbonyl (C=O) groups is 1. The average molecular weight is 397 g/mol. The predicted octanol–water partition coefficient (Wildman–Crippen LogP) is 4.28. The second-order valence-corrected chi connectivity index (χ2v) is 7.74. The molecule has 0 aromatic heterocycles. The van der Waals surface area contributed by atoms with Gasteiger partial charge in [-0.15, -0.1) is 0 Å². The van der Waals surface area contributed by atoms with Crippen molar-refractivity contribution in [1.82, 2.24) is 10.2 Å². The van der Waals surface area contributed by atoms with Crippen LogP contribution in [0.25, 0.3) is 0 Å². The highest BCUT2D eigenvalue weighted by atomic mass is 16.5. The van der Waals surface area contributed by atoms with Crippen LogP contribution in [0.3, 0.4) is 0 Å². The van der Waals surface area contributed by atoms with Crippen LogP contribution >= 0.6 is 0 Å². The number of aryl methyl sites for hydroxylation is 2. The summed E-state index contributed by atoms with van der Waals surface area (Å²) in [4.78, 5) is 15.2. The van der Waals surface area contributed by atoms with Crippen molar-refractivity contribution in [2.75, 3.05) is 33.9 Å². The molecule has 0 saturated carbocycles. The number of ether oxygens (including phenoxy) is 2. The average Bonchev–Trinajstić information content (AvgIpc) is 2.76. The third-order valence-corrected chi connectivity index (χ3v) is 5.85. The first-order chi connectivity index (χ1) is 14.0. The molecule has 2 aromatic carbocycles. The van der Waals surface area contributed by atoms with Crippen LogP contribution in [-0.2, 0) is 0 Å². The van der Waals surface area contributed by atoms with Crippen LogP contribution in [0.4, 0.5) is 0 Å². The summed E-state index contributed by atoms with van der Waals surface area (Å²) in [5.74, 6) is 1.40. The number of methoxy groups -OCH3 is 2. The Labute approximate surface area is 174 Å². The third kappa shape index (κ3) is 5.10. The molecule has 29 heavy (non-hydrogen) atoms. The Hall–Kier alpha value is -2.53. The SMILES string of the molecule is COc1ccc(C(CNC(=O)c2ccc(C)c(C)c2)N2CCCCC2)cc1OC. The normalized spacial score (nSPS) is 15.6. The fourth-order valence-electron chi connectivity index (χ4n) is 3.92. The molecule has 0 aliphatic carbocycles. The summed E-state index contributed by atoms with van der Waals surface area (Å²) in [5.41, 5.74) is 4.16. The molecule has 0 spiro atoms. The van der Waals surface area contributed by atoms with E-state index < -0.39 is 0 Å². The third-order valence-electron chi connectivity index (χ3n) is 5.85. The highest BCUT2D eigenvalue weighted by Crippen LogP contribution is 2.32. The molecule has 1 aliphatic rings. The van der Waals surface area contributed by atoms with Crippen molar-refractivity contribution in [3.63, 3.8) is 0 Å². The topological polar surface area (TPSA) is 50.8 Å². The van der Waals surface area contributed by atoms with E-state index in [2.05, 4.69) is 23.2 Å². The standard InChI is InChI=1S/C24H32N2O3/c1-17-8-9-20(14-18(17)2)24(27)25-16-21(26-12-6-5-7-13-26)19-10-11-22(28-3)23(15-19)29-4/h8-11,14-15,21H,5-7,12-13,16H2,1-4H3,(H,25,27). The van der Waals surface area contributed by atoms with Gasteiger partial charge in [0.05, 0.1) is 20.3 Å². The van der Waals surface area contributed by atoms with Crippen LogP contribution < -0.4 is 14.8 Å². The van der Waals surface area contributed by atoms with Gasteiger partial charge in [0, 0.05) is 12.1 Å². The van der Waals surface area contributed by atoms with Crippen molar-refractivity contribution in [3.05, 3.63) is 58.7 Å². The molecule has 0 radical (unpaired) electrons. The summed E-state index contributed by atoms with van der Waals surface area (Å²) in [6, 6.07) is 12.0. The molecule has 5 heteroatoms. The van der Waals surface area contributed by atoms with Gasteiger partial charge in [0.2, 0.25) is 0 Å². The van der Waals surface area contributed by atoms with Crippen molar-refractivity contribution in [1.29, 1.82) is 0 Å². The summed E-state index contributed by atoms with van der Waals surface area (Å²) in [6.07, 6.45) is 3.65. The Morgan fingerprint density at radius 2 is 1.69 bits per heavy atom. The van der Waals surface area contributed by atoms with E-state index >= 15 is 0 Å². The van der Waals surface area contributed by atoms with Crippen LogP contribution in [0.15, 0.2) is 36.4 Å². The number of rotatable bonds is 7. The van der Waals surface area contributed by atoms with Gasteiger partial charge in [-0.05, 0) is 80.7 Å². The monoisotopic (exact) mass is 396 g/mol. The number of nitrogens with one attached hydrogen (secondary N) is 1. The Morgan fingerprint density at radius 3 is 2.34 bits per heavy atom. The molecule has 1 aliphatic heterocycles. The van der Waals surface area contributed by atoms with Crippen molar-refractivity contribution >= 4 is 5.91 Å². The number of hydrogen-bond acceptors (Lipinski definition) is 4. The molecule has 0 bridgehead atoms. The summed E-state index contributed by atoms with van der Waals surface area (Å²) in [7, 11) is 3.29. The van der Waals surface area contributed by atoms with Gasteiger partial charge in [-0.25, -0.2) is 0 Å². The zero-order chi connectivity index (χ0) is 20.8. The van der Waals surface area contributed by atoms with E-state index in [9.17, 15) is 4.79 Å². The summed E-state index contributed by atoms with van der Waals surface area (Å²) < 4.78 is 10.9. The number of amides is 1. The quantitative estimate of drug-likeness (QED) is 0.759. The van der Waals surface area contributed by atoms with Gasteiger partial charge in [0.25, 0.3) is 5.91 Å². The highest BCUT2D eigenvalue weighted by Gasteiger charge is 2.24. The first-order valence-corrected chi connectivity index (χ1v) is 10.3. The first kappa shape index (κ1) is 21.2. The second-order valence-electron chi connectivity index (χ2n) is 7.74. The fourth-order valence-corrected chi connectivity index (χ4v) is 3.92. The van der Waals surface area contributed by atoms with Crippen LogP contribution in [-0.4, -0.2) is 44.7 Å². The van der Waals surface area contributed by atoms with Gasteiger partial charge in [-0.2, -0.15) is 0 Å². The number of hydrogen-bond donors (Lipinski definition) is 1. The lowest BCUT2D eigenvalue weighted by Crippen LogP contribution is -2.40. The minimum atomic E-state index is -0.0319. The highest BCUT2D eigenvalue weighted by molar-refractivity contribution is 5.94. The van der Waals surface area contributed by atoms with Crippen LogP contribution in [0.1, 0.15) is 52.4 Å². The first-order valence-electron chi connectivity index (χ1n) is 10.3. The maximum atomic E-state index is 12.8. The Bertz CT molecular complexity index is 844. The molecular weight excluding hydrogens is 364 g/mol. The number of likely N-dealkylation sites (tertiary alicyclic amines) is 1. The van der Waals surface area contributed by atoms with Crippen molar-refractivity contribution in [2.45, 2.75) is 39.2 Å². The van der Waals surface area contributed by atoms with Crippen LogP contribution in [0.2, 0.25) is 0 Å². The van der Waals surface area contributed by atoms with Crippen molar-refractivity contribution in [2.24, 2.45) is 0 Å². The number of carbonyl (C=O) groups excluding carboxylic acids is 1. The Morgan fingerprint density at radius 1 is 0.966 bits per heavy atom. The number of benzene rings is 2. The minimum absolute atomic E-state index is 0.0319. The molecule has 1 saturated heterocycles. The van der Waals surface area contributed by atoms with E-state index in [1.165, 1.54) is 24.8 Å². The lowest BCUT2D eigenvalue weighted by atomic mass is 10.0. The van der Waals surface area contributed by atoms with Gasteiger partial charge >= 0.3 is 0 Å². The van der Waals surface area contributed by atoms with Gasteiger partial charge in [0.1, 0.15) is 0 Å². The number of piperidine rings is 1. The molecule has 1 atom stereocenters. The van der Waals surface area contributed by atoms with Gasteiger partial charge in [-0.3, -0.25) is 9.69 Å². The number of nitrogens with zero attached hydrogens (tertiary/aromatic N) is 1. The summed E-state index contributed by atoms with van der Waals surface area (Å²) >= 11 is 0. The second kappa shape index (κ2) is 9.79. The lowest BCUT2D eigenvalue weighted by Gasteiger charge is -2.35. The zero-order valence-electron chi connectivity index (χ0n) is 18.0. The summed E-state index contributed by atoms with van der Waals surface area (Å²) in [6.45, 7) is 6.73. The summed E-state index contributed by atoms with van der Waals surface area (Å²) in [5, 5.41) is 3.15. The van der Waals surface area contributed by atoms with Crippen molar-refractivity contribution < 1.29 is 14.3 Å². The maximum Gasteiger partial charge on any atom is 0.251 e. The zero-order valence-corrected chi connectivity index (χ0v) is 18.0. The van der Waals surface area contributed by atoms with E-state index in [1.807, 2.05) is 37.3 Å². The predicted molar refractivity (Wildman–Crippen MR) is 116 cm³/mol. The van der Waals surface area contributed by atoms with E-state index in [4.69, 9.17) is 9.47 Å². The Kier molecular flexibility index (Phi) is 7.15. The molecule has 1 N–H and O–H groups in total. The molecular formula is C24H32N2O3. The lowest BCUT2D eigenvalue weighted by molar-refractivity contribution is 0.0924. The van der Waals surface area contributed by atoms with Crippen molar-refractivity contribution in [3.8, 4) is 11.5 Å². The largest absolute Gasteiger partial charge is 0.493 e. The van der Waals surface area contributed by atoms with E-state index in [0.29, 0.717) is 23.6 Å². The molecule has 1 amide bonds. The molecule has 1 heterocycles. The molecule has 1 fully saturated rings. The van der Waals surface area contributed by atoms with Gasteiger partial charge < -0.3 is 14.8 Å². The maximum absolute atomic E-state index is 12.8. The smallest absolute Gasteiger partial charge is 0.251 e. The molecule has 1 unspecified atom stereocenters. The van der Waals surface area contributed by atoms with E-state index in [1.54, 1.807) is 14.2 Å². The molecule has 2 aromatic rings. The van der Waals surface area contributed by atoms with E-state index in [-0.39, 0.29) is 11.9 Å². The van der Waals surface area contributed by atoms with Crippen LogP contribution in [0, 0.1) is 13.8 Å². The minimum Gasteiger partial charge on any atom is -0.493 e. The fraction of sp³-hybridized carbons (Fsp3) is 0.458. The molecule has 5 nitrogen and oxygen atoms in total. The van der Waals surface area contributed by atoms with Gasteiger partial charge in [-0.1, -0.05) is 18.6 Å². The van der Waals surface area contributed by atoms with Gasteiger partial charge in [0.15, 0.2) is 11.5 Å².